The SMILES string of the molecule is COc1ccc(CNC2CCc3c(c(C(=O)N4CCCCC4)nn3C)C2)c(OC)c1. The Kier molecular flexibility index (Phi) is 6.27. The van der Waals surface area contributed by atoms with Gasteiger partial charge in [-0.3, -0.25) is 9.48 Å². The summed E-state index contributed by atoms with van der Waals surface area (Å²) in [4.78, 5) is 15.1. The van der Waals surface area contributed by atoms with Crippen LogP contribution in [0.25, 0.3) is 0 Å². The van der Waals surface area contributed by atoms with Crippen LogP contribution in [0, 0.1) is 0 Å². The predicted octanol–water partition coefficient (Wildman–Crippen LogP) is 2.71. The summed E-state index contributed by atoms with van der Waals surface area (Å²) in [6.45, 7) is 2.41. The minimum atomic E-state index is 0.101. The van der Waals surface area contributed by atoms with Gasteiger partial charge in [-0.25, -0.2) is 0 Å². The lowest BCUT2D eigenvalue weighted by Gasteiger charge is -2.28. The average molecular weight is 413 g/mol. The second-order valence-corrected chi connectivity index (χ2v) is 8.25. The monoisotopic (exact) mass is 412 g/mol. The van der Waals surface area contributed by atoms with Crippen LogP contribution in [0.3, 0.4) is 0 Å². The molecule has 7 heteroatoms. The summed E-state index contributed by atoms with van der Waals surface area (Å²) in [5, 5.41) is 8.29. The lowest BCUT2D eigenvalue weighted by Crippen LogP contribution is -2.38. The van der Waals surface area contributed by atoms with Gasteiger partial charge in [-0.05, 0) is 44.6 Å². The highest BCUT2D eigenvalue weighted by Crippen LogP contribution is 2.28. The Hall–Kier alpha value is -2.54. The zero-order chi connectivity index (χ0) is 21.1. The van der Waals surface area contributed by atoms with Crippen LogP contribution >= 0.6 is 0 Å². The van der Waals surface area contributed by atoms with Crippen molar-refractivity contribution in [3.05, 3.63) is 40.7 Å². The Morgan fingerprint density at radius 3 is 2.73 bits per heavy atom. The molecule has 1 fully saturated rings. The molecule has 162 valence electrons. The molecule has 0 saturated carbocycles. The maximum atomic E-state index is 13.1. The first kappa shape index (κ1) is 20.7. The highest BCUT2D eigenvalue weighted by molar-refractivity contribution is 5.94. The zero-order valence-electron chi connectivity index (χ0n) is 18.2. The number of nitrogens with zero attached hydrogens (tertiary/aromatic N) is 3. The predicted molar refractivity (Wildman–Crippen MR) is 115 cm³/mol. The summed E-state index contributed by atoms with van der Waals surface area (Å²) in [6, 6.07) is 6.21. The third kappa shape index (κ3) is 4.17. The first-order valence-corrected chi connectivity index (χ1v) is 10.9. The summed E-state index contributed by atoms with van der Waals surface area (Å²) in [5.41, 5.74) is 4.08. The Morgan fingerprint density at radius 2 is 2.00 bits per heavy atom. The van der Waals surface area contributed by atoms with E-state index in [9.17, 15) is 4.79 Å². The van der Waals surface area contributed by atoms with Gasteiger partial charge in [0.15, 0.2) is 5.69 Å². The minimum absolute atomic E-state index is 0.101. The van der Waals surface area contributed by atoms with Crippen molar-refractivity contribution in [2.45, 2.75) is 51.1 Å². The number of hydrogen-bond donors (Lipinski definition) is 1. The highest BCUT2D eigenvalue weighted by atomic mass is 16.5. The molecule has 4 rings (SSSR count). The quantitative estimate of drug-likeness (QED) is 0.790. The van der Waals surface area contributed by atoms with E-state index in [0.29, 0.717) is 18.3 Å². The second kappa shape index (κ2) is 9.08. The van der Waals surface area contributed by atoms with Gasteiger partial charge in [-0.2, -0.15) is 5.10 Å². The summed E-state index contributed by atoms with van der Waals surface area (Å²) >= 11 is 0. The van der Waals surface area contributed by atoms with Gasteiger partial charge in [0.25, 0.3) is 5.91 Å². The minimum Gasteiger partial charge on any atom is -0.497 e. The summed E-state index contributed by atoms with van der Waals surface area (Å²) in [7, 11) is 5.30. The maximum absolute atomic E-state index is 13.1. The van der Waals surface area contributed by atoms with Crippen LogP contribution in [0.2, 0.25) is 0 Å². The maximum Gasteiger partial charge on any atom is 0.274 e. The number of amides is 1. The van der Waals surface area contributed by atoms with Crippen molar-refractivity contribution in [1.29, 1.82) is 0 Å². The summed E-state index contributed by atoms with van der Waals surface area (Å²) in [5.74, 6) is 1.71. The van der Waals surface area contributed by atoms with Crippen LogP contribution in [-0.4, -0.2) is 53.9 Å². The van der Waals surface area contributed by atoms with Gasteiger partial charge in [-0.1, -0.05) is 6.07 Å². The van der Waals surface area contributed by atoms with Crippen LogP contribution in [0.4, 0.5) is 0 Å². The number of aromatic nitrogens is 2. The van der Waals surface area contributed by atoms with Crippen molar-refractivity contribution in [3.63, 3.8) is 0 Å². The van der Waals surface area contributed by atoms with E-state index in [0.717, 1.165) is 67.8 Å². The number of nitrogens with one attached hydrogen (secondary N) is 1. The van der Waals surface area contributed by atoms with Crippen LogP contribution in [0.1, 0.15) is 53.0 Å². The molecule has 1 aliphatic heterocycles. The van der Waals surface area contributed by atoms with Gasteiger partial charge in [0.2, 0.25) is 0 Å². The molecule has 0 radical (unpaired) electrons. The number of ether oxygens (including phenoxy) is 2. The second-order valence-electron chi connectivity index (χ2n) is 8.25. The molecule has 1 aromatic heterocycles. The average Bonchev–Trinajstić information content (AvgIpc) is 3.13. The van der Waals surface area contributed by atoms with Gasteiger partial charge in [0.1, 0.15) is 11.5 Å². The third-order valence-electron chi connectivity index (χ3n) is 6.38. The molecule has 1 N–H and O–H groups in total. The summed E-state index contributed by atoms with van der Waals surface area (Å²) in [6.07, 6.45) is 6.19. The third-order valence-corrected chi connectivity index (χ3v) is 6.38. The van der Waals surface area contributed by atoms with Crippen LogP contribution in [0.15, 0.2) is 18.2 Å². The molecule has 1 atom stereocenters. The Bertz CT molecular complexity index is 902. The van der Waals surface area contributed by atoms with E-state index in [1.54, 1.807) is 14.2 Å². The Balaban J connectivity index is 1.46. The molecule has 1 unspecified atom stereocenters. The fourth-order valence-corrected chi connectivity index (χ4v) is 4.63. The topological polar surface area (TPSA) is 68.6 Å². The van der Waals surface area contributed by atoms with Gasteiger partial charge in [0, 0.05) is 55.6 Å². The van der Waals surface area contributed by atoms with Crippen molar-refractivity contribution in [1.82, 2.24) is 20.0 Å². The lowest BCUT2D eigenvalue weighted by atomic mass is 9.90. The highest BCUT2D eigenvalue weighted by Gasteiger charge is 2.30. The molecule has 2 heterocycles. The number of hydrogen-bond acceptors (Lipinski definition) is 5. The fourth-order valence-electron chi connectivity index (χ4n) is 4.63. The van der Waals surface area contributed by atoms with Crippen molar-refractivity contribution in [3.8, 4) is 11.5 Å². The van der Waals surface area contributed by atoms with Crippen molar-refractivity contribution >= 4 is 5.91 Å². The van der Waals surface area contributed by atoms with E-state index in [1.165, 1.54) is 12.1 Å². The van der Waals surface area contributed by atoms with Crippen LogP contribution < -0.4 is 14.8 Å². The van der Waals surface area contributed by atoms with Crippen LogP contribution in [-0.2, 0) is 26.4 Å². The zero-order valence-corrected chi connectivity index (χ0v) is 18.2. The number of benzene rings is 1. The molecule has 2 aliphatic rings. The molecule has 0 spiro atoms. The molecule has 1 saturated heterocycles. The molecular weight excluding hydrogens is 380 g/mol. The van der Waals surface area contributed by atoms with Crippen molar-refractivity contribution in [2.75, 3.05) is 27.3 Å². The van der Waals surface area contributed by atoms with Gasteiger partial charge < -0.3 is 19.7 Å². The van der Waals surface area contributed by atoms with E-state index < -0.39 is 0 Å². The number of piperidine rings is 1. The molecule has 30 heavy (non-hydrogen) atoms. The number of aryl methyl sites for hydroxylation is 1. The summed E-state index contributed by atoms with van der Waals surface area (Å²) < 4.78 is 12.7. The molecule has 1 aromatic carbocycles. The van der Waals surface area contributed by atoms with E-state index >= 15 is 0 Å². The first-order valence-electron chi connectivity index (χ1n) is 10.9. The molecule has 2 aromatic rings. The smallest absolute Gasteiger partial charge is 0.274 e. The number of fused-ring (bicyclic) bond motifs is 1. The van der Waals surface area contributed by atoms with Crippen molar-refractivity contribution in [2.24, 2.45) is 7.05 Å². The number of likely N-dealkylation sites (tertiary alicyclic amines) is 1. The Labute approximate surface area is 178 Å². The lowest BCUT2D eigenvalue weighted by molar-refractivity contribution is 0.0716. The molecule has 0 bridgehead atoms. The number of rotatable bonds is 6. The van der Waals surface area contributed by atoms with Crippen LogP contribution in [0.5, 0.6) is 11.5 Å². The molecular formula is C23H32N4O3. The van der Waals surface area contributed by atoms with Gasteiger partial charge in [-0.15, -0.1) is 0 Å². The van der Waals surface area contributed by atoms with E-state index in [4.69, 9.17) is 9.47 Å². The fraction of sp³-hybridized carbons (Fsp3) is 0.565. The molecule has 7 nitrogen and oxygen atoms in total. The van der Waals surface area contributed by atoms with Gasteiger partial charge >= 0.3 is 0 Å². The van der Waals surface area contributed by atoms with Crippen molar-refractivity contribution < 1.29 is 14.3 Å². The number of carbonyl (C=O) groups excluding carboxylic acids is 1. The van der Waals surface area contributed by atoms with Gasteiger partial charge in [0.05, 0.1) is 14.2 Å². The Morgan fingerprint density at radius 1 is 1.20 bits per heavy atom. The standard InChI is InChI=1S/C23H32N4O3/c1-26-20-10-8-17(24-15-16-7-9-18(29-2)14-21(16)30-3)13-19(20)22(25-26)23(28)27-11-5-4-6-12-27/h7,9,14,17,24H,4-6,8,10-13,15H2,1-3H3. The largest absolute Gasteiger partial charge is 0.497 e. The number of methoxy groups -OCH3 is 2. The number of carbonyl (C=O) groups is 1. The van der Waals surface area contributed by atoms with E-state index in [2.05, 4.69) is 10.4 Å². The normalized spacial score (nSPS) is 18.8. The first-order chi connectivity index (χ1) is 14.6. The molecule has 1 aliphatic carbocycles. The van der Waals surface area contributed by atoms with E-state index in [1.807, 2.05) is 34.8 Å². The molecule has 1 amide bonds. The van der Waals surface area contributed by atoms with E-state index in [-0.39, 0.29) is 5.91 Å².